The van der Waals surface area contributed by atoms with E-state index in [0.717, 1.165) is 9.87 Å². The minimum atomic E-state index is -5.20. The summed E-state index contributed by atoms with van der Waals surface area (Å²) < 4.78 is 109. The highest BCUT2D eigenvalue weighted by atomic mass is 32.2. The highest BCUT2D eigenvalue weighted by molar-refractivity contribution is 7.92. The van der Waals surface area contributed by atoms with E-state index < -0.39 is 44.4 Å². The molecule has 0 unspecified atom stereocenters. The highest BCUT2D eigenvalue weighted by Gasteiger charge is 2.39. The molecule has 0 aliphatic rings. The molecule has 0 fully saturated rings. The summed E-state index contributed by atoms with van der Waals surface area (Å²) in [4.78, 5) is 9.96. The number of unbranched alkanes of at least 4 members (excludes halogenated alkanes) is 1. The molecule has 39 heavy (non-hydrogen) atoms. The lowest BCUT2D eigenvalue weighted by Crippen LogP contribution is -2.33. The Morgan fingerprint density at radius 1 is 0.846 bits per heavy atom. The van der Waals surface area contributed by atoms with Crippen molar-refractivity contribution in [1.82, 2.24) is 0 Å². The summed E-state index contributed by atoms with van der Waals surface area (Å²) >= 11 is 0. The monoisotopic (exact) mass is 573 g/mol. The zero-order valence-electron chi connectivity index (χ0n) is 20.7. The molecule has 0 aromatic heterocycles. The second-order valence-electron chi connectivity index (χ2n) is 8.80. The number of halogens is 6. The van der Waals surface area contributed by atoms with E-state index in [0.29, 0.717) is 24.8 Å². The molecule has 0 saturated carbocycles. The van der Waals surface area contributed by atoms with Crippen molar-refractivity contribution in [2.24, 2.45) is 0 Å². The standard InChI is InChI=1S/C27H25F6NO4S/c1-2-3-14-34(39(37,38)23-16-21(26(28,29)30)15-22(17-23)27(31,32)33)24-7-5-4-6-19(24)11-8-18-9-12-20(13-10-18)25(35)36/h4-7,9-10,12-13,15-17H,2-3,8,11,14H2,1H3,(H,35,36). The summed E-state index contributed by atoms with van der Waals surface area (Å²) in [7, 11) is -4.84. The van der Waals surface area contributed by atoms with Gasteiger partial charge in [-0.2, -0.15) is 26.3 Å². The average molecular weight is 574 g/mol. The topological polar surface area (TPSA) is 74.7 Å². The summed E-state index contributed by atoms with van der Waals surface area (Å²) in [6.07, 6.45) is -8.94. The van der Waals surface area contributed by atoms with Gasteiger partial charge < -0.3 is 5.11 Å². The molecule has 3 aromatic carbocycles. The van der Waals surface area contributed by atoms with Gasteiger partial charge in [0.2, 0.25) is 0 Å². The summed E-state index contributed by atoms with van der Waals surface area (Å²) in [6, 6.07) is 12.6. The second kappa shape index (κ2) is 11.7. The molecule has 0 bridgehead atoms. The van der Waals surface area contributed by atoms with E-state index in [2.05, 4.69) is 0 Å². The Kier molecular flexibility index (Phi) is 8.99. The number of anilines is 1. The van der Waals surface area contributed by atoms with E-state index in [1.54, 1.807) is 31.2 Å². The number of rotatable bonds is 10. The maximum absolute atomic E-state index is 13.7. The number of hydrogen-bond acceptors (Lipinski definition) is 3. The minimum absolute atomic E-state index is 0.0929. The summed E-state index contributed by atoms with van der Waals surface area (Å²) in [5.74, 6) is -1.09. The van der Waals surface area contributed by atoms with Crippen molar-refractivity contribution in [2.75, 3.05) is 10.8 Å². The van der Waals surface area contributed by atoms with Gasteiger partial charge in [-0.15, -0.1) is 0 Å². The van der Waals surface area contributed by atoms with Crippen LogP contribution in [0, 0.1) is 0 Å². The van der Waals surface area contributed by atoms with Crippen LogP contribution in [0.1, 0.15) is 52.4 Å². The number of benzene rings is 3. The first-order chi connectivity index (χ1) is 18.1. The number of nitrogens with zero attached hydrogens (tertiary/aromatic N) is 1. The molecule has 0 radical (unpaired) electrons. The Morgan fingerprint density at radius 3 is 1.92 bits per heavy atom. The minimum Gasteiger partial charge on any atom is -0.478 e. The molecule has 1 N–H and O–H groups in total. The molecule has 0 heterocycles. The maximum Gasteiger partial charge on any atom is 0.416 e. The number of carbonyl (C=O) groups is 1. The van der Waals surface area contributed by atoms with E-state index >= 15 is 0 Å². The van der Waals surface area contributed by atoms with Crippen molar-refractivity contribution in [2.45, 2.75) is 49.9 Å². The number of alkyl halides is 6. The summed E-state index contributed by atoms with van der Waals surface area (Å²) in [5.41, 5.74) is -1.95. The average Bonchev–Trinajstić information content (AvgIpc) is 2.87. The fraction of sp³-hybridized carbons (Fsp3) is 0.296. The van der Waals surface area contributed by atoms with Gasteiger partial charge in [-0.1, -0.05) is 43.7 Å². The first kappa shape index (κ1) is 30.0. The van der Waals surface area contributed by atoms with Gasteiger partial charge in [0.25, 0.3) is 10.0 Å². The molecule has 0 amide bonds. The third-order valence-corrected chi connectivity index (χ3v) is 7.80. The predicted octanol–water partition coefficient (Wildman–Crippen LogP) is 7.20. The van der Waals surface area contributed by atoms with E-state index in [-0.39, 0.29) is 42.4 Å². The summed E-state index contributed by atoms with van der Waals surface area (Å²) in [5, 5.41) is 9.06. The normalized spacial score (nSPS) is 12.4. The van der Waals surface area contributed by atoms with Gasteiger partial charge in [0.15, 0.2) is 0 Å². The Hall–Kier alpha value is -3.54. The van der Waals surface area contributed by atoms with Crippen molar-refractivity contribution in [3.8, 4) is 0 Å². The SMILES string of the molecule is CCCCN(c1ccccc1CCc1ccc(C(=O)O)cc1)S(=O)(=O)c1cc(C(F)(F)F)cc(C(F)(F)F)c1. The number of sulfonamides is 1. The van der Waals surface area contributed by atoms with Crippen LogP contribution in [0.4, 0.5) is 32.0 Å². The first-order valence-electron chi connectivity index (χ1n) is 11.9. The Balaban J connectivity index is 2.06. The lowest BCUT2D eigenvalue weighted by molar-refractivity contribution is -0.143. The lowest BCUT2D eigenvalue weighted by atomic mass is 10.0. The van der Waals surface area contributed by atoms with Crippen molar-refractivity contribution in [3.63, 3.8) is 0 Å². The molecule has 0 aliphatic carbocycles. The molecule has 0 aliphatic heterocycles. The lowest BCUT2D eigenvalue weighted by Gasteiger charge is -2.27. The molecule has 210 valence electrons. The van der Waals surface area contributed by atoms with Crippen molar-refractivity contribution in [1.29, 1.82) is 0 Å². The third kappa shape index (κ3) is 7.31. The van der Waals surface area contributed by atoms with E-state index in [1.807, 2.05) is 0 Å². The quantitative estimate of drug-likeness (QED) is 0.260. The van der Waals surface area contributed by atoms with Gasteiger partial charge in [-0.05, 0) is 66.8 Å². The number of aryl methyl sites for hydroxylation is 2. The molecule has 0 atom stereocenters. The van der Waals surface area contributed by atoms with Gasteiger partial charge >= 0.3 is 18.3 Å². The molecule has 3 rings (SSSR count). The fourth-order valence-corrected chi connectivity index (χ4v) is 5.55. The third-order valence-electron chi connectivity index (χ3n) is 6.01. The van der Waals surface area contributed by atoms with E-state index in [4.69, 9.17) is 5.11 Å². The Bertz CT molecular complexity index is 1390. The number of carboxylic acid groups (broad SMARTS) is 1. The van der Waals surface area contributed by atoms with Crippen LogP contribution in [-0.2, 0) is 35.2 Å². The molecular weight excluding hydrogens is 548 g/mol. The molecule has 0 saturated heterocycles. The van der Waals surface area contributed by atoms with Gasteiger partial charge in [-0.25, -0.2) is 13.2 Å². The van der Waals surface area contributed by atoms with Gasteiger partial charge in [0.1, 0.15) is 0 Å². The molecule has 3 aromatic rings. The second-order valence-corrected chi connectivity index (χ2v) is 10.7. The number of aromatic carboxylic acids is 1. The van der Waals surface area contributed by atoms with Crippen LogP contribution >= 0.6 is 0 Å². The van der Waals surface area contributed by atoms with Crippen LogP contribution < -0.4 is 4.31 Å². The van der Waals surface area contributed by atoms with E-state index in [9.17, 15) is 39.6 Å². The zero-order valence-corrected chi connectivity index (χ0v) is 21.5. The van der Waals surface area contributed by atoms with Gasteiger partial charge in [0.05, 0.1) is 27.3 Å². The molecule has 5 nitrogen and oxygen atoms in total. The van der Waals surface area contributed by atoms with Crippen molar-refractivity contribution in [3.05, 3.63) is 94.5 Å². The van der Waals surface area contributed by atoms with E-state index in [1.165, 1.54) is 24.3 Å². The maximum atomic E-state index is 13.7. The largest absolute Gasteiger partial charge is 0.478 e. The Morgan fingerprint density at radius 2 is 1.41 bits per heavy atom. The van der Waals surface area contributed by atoms with Crippen LogP contribution in [0.15, 0.2) is 71.6 Å². The van der Waals surface area contributed by atoms with Crippen LogP contribution in [0.3, 0.4) is 0 Å². The van der Waals surface area contributed by atoms with Crippen molar-refractivity contribution < 1.29 is 44.7 Å². The van der Waals surface area contributed by atoms with Gasteiger partial charge in [-0.3, -0.25) is 4.31 Å². The first-order valence-corrected chi connectivity index (χ1v) is 13.3. The predicted molar refractivity (Wildman–Crippen MR) is 133 cm³/mol. The van der Waals surface area contributed by atoms with Gasteiger partial charge in [0, 0.05) is 6.54 Å². The molecule has 0 spiro atoms. The molecule has 12 heteroatoms. The summed E-state index contributed by atoms with van der Waals surface area (Å²) in [6.45, 7) is 1.60. The van der Waals surface area contributed by atoms with Crippen LogP contribution in [0.2, 0.25) is 0 Å². The van der Waals surface area contributed by atoms with Crippen molar-refractivity contribution >= 4 is 21.7 Å². The van der Waals surface area contributed by atoms with Crippen LogP contribution in [0.25, 0.3) is 0 Å². The highest BCUT2D eigenvalue weighted by Crippen LogP contribution is 2.39. The van der Waals surface area contributed by atoms with Crippen LogP contribution in [-0.4, -0.2) is 26.0 Å². The fourth-order valence-electron chi connectivity index (χ4n) is 3.93. The number of hydrogen-bond donors (Lipinski definition) is 1. The zero-order chi connectivity index (χ0) is 29.0. The number of carboxylic acids is 1. The number of para-hydroxylation sites is 1. The smallest absolute Gasteiger partial charge is 0.416 e. The Labute approximate surface area is 221 Å². The van der Waals surface area contributed by atoms with Crippen LogP contribution in [0.5, 0.6) is 0 Å². The molecular formula is C27H25F6NO4S.